The average Bonchev–Trinajstić information content (AvgIpc) is 3.05. The van der Waals surface area contributed by atoms with Crippen molar-refractivity contribution in [1.29, 1.82) is 0 Å². The molecule has 0 aliphatic rings. The van der Waals surface area contributed by atoms with Gasteiger partial charge in [-0.3, -0.25) is 4.84 Å². The largest absolute Gasteiger partial charge is 0.480 e. The van der Waals surface area contributed by atoms with Gasteiger partial charge in [0.15, 0.2) is 0 Å². The van der Waals surface area contributed by atoms with Crippen LogP contribution < -0.4 is 5.48 Å². The van der Waals surface area contributed by atoms with E-state index < -0.39 is 17.7 Å². The summed E-state index contributed by atoms with van der Waals surface area (Å²) >= 11 is 0. The van der Waals surface area contributed by atoms with Gasteiger partial charge < -0.3 is 66.7 Å². The van der Waals surface area contributed by atoms with Crippen LogP contribution in [0.1, 0.15) is 20.8 Å². The smallest absolute Gasteiger partial charge is 0.431 e. The minimum absolute atomic E-state index is 0.200. The average molecular weight is 720 g/mol. The molecule has 0 saturated heterocycles. The molecule has 0 aliphatic heterocycles. The summed E-state index contributed by atoms with van der Waals surface area (Å²) in [7, 11) is 0. The number of amides is 1. The van der Waals surface area contributed by atoms with E-state index in [-0.39, 0.29) is 19.8 Å². The van der Waals surface area contributed by atoms with E-state index in [9.17, 15) is 9.59 Å². The normalized spacial score (nSPS) is 11.7. The third kappa shape index (κ3) is 44.2. The van der Waals surface area contributed by atoms with E-state index in [1.165, 1.54) is 0 Å². The van der Waals surface area contributed by atoms with Crippen molar-refractivity contribution in [3.05, 3.63) is 0 Å². The van der Waals surface area contributed by atoms with Gasteiger partial charge in [-0.2, -0.15) is 5.48 Å². The molecule has 0 saturated carbocycles. The highest BCUT2D eigenvalue weighted by Crippen LogP contribution is 2.06. The fourth-order valence-electron chi connectivity index (χ4n) is 3.09. The van der Waals surface area contributed by atoms with Crippen molar-refractivity contribution in [3.63, 3.8) is 0 Å². The molecular formula is C31H61NO17. The van der Waals surface area contributed by atoms with E-state index in [0.29, 0.717) is 145 Å². The highest BCUT2D eigenvalue weighted by molar-refractivity contribution is 5.68. The van der Waals surface area contributed by atoms with E-state index in [1.54, 1.807) is 20.8 Å². The molecule has 0 spiro atoms. The van der Waals surface area contributed by atoms with Gasteiger partial charge in [-0.1, -0.05) is 0 Å². The first kappa shape index (κ1) is 47.2. The number of carboxylic acids is 1. The molecule has 0 atom stereocenters. The van der Waals surface area contributed by atoms with Gasteiger partial charge in [0, 0.05) is 0 Å². The molecule has 292 valence electrons. The van der Waals surface area contributed by atoms with Crippen molar-refractivity contribution in [3.8, 4) is 0 Å². The number of ether oxygens (including phenoxy) is 13. The van der Waals surface area contributed by atoms with Gasteiger partial charge in [0.25, 0.3) is 0 Å². The first-order chi connectivity index (χ1) is 23.8. The fraction of sp³-hybridized carbons (Fsp3) is 0.935. The quantitative estimate of drug-likeness (QED) is 0.0666. The van der Waals surface area contributed by atoms with Gasteiger partial charge in [-0.05, 0) is 20.8 Å². The number of hydrogen-bond acceptors (Lipinski definition) is 16. The molecule has 0 aromatic carbocycles. The van der Waals surface area contributed by atoms with E-state index in [0.717, 1.165) is 0 Å². The second-order valence-corrected chi connectivity index (χ2v) is 10.6. The number of hydrogen-bond donors (Lipinski definition) is 2. The van der Waals surface area contributed by atoms with Gasteiger partial charge in [-0.25, -0.2) is 9.59 Å². The summed E-state index contributed by atoms with van der Waals surface area (Å²) in [5, 5.41) is 8.42. The molecule has 18 nitrogen and oxygen atoms in total. The Balaban J connectivity index is 3.10. The molecular weight excluding hydrogens is 658 g/mol. The van der Waals surface area contributed by atoms with Crippen LogP contribution in [0.2, 0.25) is 0 Å². The zero-order chi connectivity index (χ0) is 35.9. The van der Waals surface area contributed by atoms with Crippen LogP contribution in [0.5, 0.6) is 0 Å². The van der Waals surface area contributed by atoms with Gasteiger partial charge in [-0.15, -0.1) is 0 Å². The zero-order valence-corrected chi connectivity index (χ0v) is 29.7. The summed E-state index contributed by atoms with van der Waals surface area (Å²) < 4.78 is 69.4. The van der Waals surface area contributed by atoms with Crippen molar-refractivity contribution < 1.29 is 81.1 Å². The van der Waals surface area contributed by atoms with Crippen LogP contribution in [0.3, 0.4) is 0 Å². The zero-order valence-electron chi connectivity index (χ0n) is 29.7. The summed E-state index contributed by atoms with van der Waals surface area (Å²) in [4.78, 5) is 26.6. The standard InChI is InChI=1S/C31H61NO17/c1-31(2,3)49-30(35)32-48-27-26-46-23-22-44-19-18-42-15-14-40-11-10-38-7-6-36-4-5-37-8-9-39-12-13-41-16-17-43-20-21-45-24-25-47-28-29(33)34/h4-28H2,1-3H3,(H,32,35)(H,33,34). The lowest BCUT2D eigenvalue weighted by Gasteiger charge is -2.19. The Morgan fingerprint density at radius 2 is 0.633 bits per heavy atom. The molecule has 0 fully saturated rings. The lowest BCUT2D eigenvalue weighted by molar-refractivity contribution is -0.142. The van der Waals surface area contributed by atoms with Crippen LogP contribution in [0, 0.1) is 0 Å². The Morgan fingerprint density at radius 3 is 0.857 bits per heavy atom. The number of carbonyl (C=O) groups excluding carboxylic acids is 1. The third-order valence-electron chi connectivity index (χ3n) is 5.20. The summed E-state index contributed by atoms with van der Waals surface area (Å²) in [6, 6.07) is 0. The molecule has 0 radical (unpaired) electrons. The highest BCUT2D eigenvalue weighted by atomic mass is 16.7. The van der Waals surface area contributed by atoms with E-state index in [4.69, 9.17) is 71.5 Å². The monoisotopic (exact) mass is 719 g/mol. The first-order valence-corrected chi connectivity index (χ1v) is 16.6. The van der Waals surface area contributed by atoms with Crippen LogP contribution in [-0.2, 0) is 71.2 Å². The molecule has 1 amide bonds. The number of nitrogens with one attached hydrogen (secondary N) is 1. The Hall–Kier alpha value is -1.78. The number of carboxylic acid groups (broad SMARTS) is 1. The Bertz CT molecular complexity index is 714. The van der Waals surface area contributed by atoms with Gasteiger partial charge in [0.05, 0.1) is 159 Å². The lowest BCUT2D eigenvalue weighted by atomic mass is 10.2. The predicted octanol–water partition coefficient (Wildman–Crippen LogP) is 0.727. The molecule has 0 unspecified atom stereocenters. The van der Waals surface area contributed by atoms with E-state index in [2.05, 4.69) is 5.48 Å². The Morgan fingerprint density at radius 1 is 0.408 bits per heavy atom. The van der Waals surface area contributed by atoms with Crippen molar-refractivity contribution in [2.45, 2.75) is 26.4 Å². The second kappa shape index (κ2) is 37.5. The van der Waals surface area contributed by atoms with Crippen LogP contribution in [0.25, 0.3) is 0 Å². The molecule has 0 aromatic heterocycles. The molecule has 2 N–H and O–H groups in total. The van der Waals surface area contributed by atoms with Gasteiger partial charge in [0.1, 0.15) is 12.2 Å². The molecule has 0 aliphatic carbocycles. The highest BCUT2D eigenvalue weighted by Gasteiger charge is 2.15. The molecule has 0 bridgehead atoms. The number of carbonyl (C=O) groups is 2. The minimum Gasteiger partial charge on any atom is -0.480 e. The van der Waals surface area contributed by atoms with Crippen LogP contribution in [-0.4, -0.2) is 188 Å². The summed E-state index contributed by atoms with van der Waals surface area (Å²) in [6.07, 6.45) is -0.642. The lowest BCUT2D eigenvalue weighted by Crippen LogP contribution is -2.33. The topological polar surface area (TPSA) is 196 Å². The Kier molecular flexibility index (Phi) is 36.1. The Labute approximate surface area is 290 Å². The maximum atomic E-state index is 11.4. The summed E-state index contributed by atoms with van der Waals surface area (Å²) in [5.74, 6) is -1.00. The third-order valence-corrected chi connectivity index (χ3v) is 5.20. The van der Waals surface area contributed by atoms with Gasteiger partial charge >= 0.3 is 12.1 Å². The fourth-order valence-corrected chi connectivity index (χ4v) is 3.09. The van der Waals surface area contributed by atoms with E-state index in [1.807, 2.05) is 0 Å². The van der Waals surface area contributed by atoms with Crippen LogP contribution >= 0.6 is 0 Å². The number of rotatable bonds is 39. The maximum Gasteiger partial charge on any atom is 0.431 e. The molecule has 49 heavy (non-hydrogen) atoms. The number of hydroxylamine groups is 1. The van der Waals surface area contributed by atoms with Crippen LogP contribution in [0.15, 0.2) is 0 Å². The number of aliphatic carboxylic acids is 1. The van der Waals surface area contributed by atoms with Gasteiger partial charge in [0.2, 0.25) is 0 Å². The maximum absolute atomic E-state index is 11.4. The summed E-state index contributed by atoms with van der Waals surface area (Å²) in [5.41, 5.74) is 1.61. The minimum atomic E-state index is -1.00. The van der Waals surface area contributed by atoms with Crippen molar-refractivity contribution in [2.75, 3.05) is 165 Å². The summed E-state index contributed by atoms with van der Waals surface area (Å²) in [6.45, 7) is 15.2. The van der Waals surface area contributed by atoms with Crippen molar-refractivity contribution in [2.24, 2.45) is 0 Å². The molecule has 0 heterocycles. The first-order valence-electron chi connectivity index (χ1n) is 16.6. The van der Waals surface area contributed by atoms with Crippen molar-refractivity contribution >= 4 is 12.1 Å². The van der Waals surface area contributed by atoms with Crippen molar-refractivity contribution in [1.82, 2.24) is 5.48 Å². The van der Waals surface area contributed by atoms with Crippen LogP contribution in [0.4, 0.5) is 4.79 Å². The van der Waals surface area contributed by atoms with E-state index >= 15 is 0 Å². The molecule has 0 rings (SSSR count). The SMILES string of the molecule is CC(C)(C)OC(=O)NOCCOCCOCCOCCOCCOCCOCCOCCOCCOCCOCCOCCOCC(=O)O. The predicted molar refractivity (Wildman–Crippen MR) is 173 cm³/mol. The second-order valence-electron chi connectivity index (χ2n) is 10.6. The molecule has 18 heteroatoms. The molecule has 0 aromatic rings.